The Hall–Kier alpha value is 0.400. The quantitative estimate of drug-likeness (QED) is 0.469. The first-order chi connectivity index (χ1) is 6.79. The minimum Gasteiger partial charge on any atom is -0.353 e. The van der Waals surface area contributed by atoms with Crippen LogP contribution in [0.5, 0.6) is 0 Å². The number of hydrogen-bond donors (Lipinski definition) is 0. The van der Waals surface area contributed by atoms with Gasteiger partial charge in [-0.05, 0) is 33.1 Å². The Morgan fingerprint density at radius 3 is 2.00 bits per heavy atom. The molecule has 0 aliphatic carbocycles. The summed E-state index contributed by atoms with van der Waals surface area (Å²) in [5.41, 5.74) is 0. The minimum absolute atomic E-state index is 0.00551. The van der Waals surface area contributed by atoms with Crippen LogP contribution in [0.2, 0.25) is 0 Å². The molecule has 0 N–H and O–H groups in total. The number of hydrogen-bond acceptors (Lipinski definition) is 2. The Kier molecular flexibility index (Phi) is 10.2. The lowest BCUT2D eigenvalue weighted by molar-refractivity contribution is -0.168. The summed E-state index contributed by atoms with van der Waals surface area (Å²) in [5.74, 6) is 0.535. The van der Waals surface area contributed by atoms with Crippen molar-refractivity contribution < 1.29 is 9.47 Å². The third-order valence-electron chi connectivity index (χ3n) is 2.28. The Labute approximate surface area is 96.5 Å². The molecule has 1 unspecified atom stereocenters. The molecule has 0 aliphatic heterocycles. The summed E-state index contributed by atoms with van der Waals surface area (Å²) < 4.78 is 11.2. The van der Waals surface area contributed by atoms with Crippen LogP contribution in [0.15, 0.2) is 0 Å². The highest BCUT2D eigenvalue weighted by Gasteiger charge is 2.19. The van der Waals surface area contributed by atoms with Crippen LogP contribution in [0.4, 0.5) is 0 Å². The third kappa shape index (κ3) is 5.99. The van der Waals surface area contributed by atoms with Gasteiger partial charge in [0.15, 0.2) is 6.29 Å². The topological polar surface area (TPSA) is 18.5 Å². The van der Waals surface area contributed by atoms with Crippen molar-refractivity contribution >= 4 is 15.9 Å². The van der Waals surface area contributed by atoms with Gasteiger partial charge in [0, 0.05) is 24.5 Å². The van der Waals surface area contributed by atoms with Crippen molar-refractivity contribution in [2.24, 2.45) is 5.92 Å². The van der Waals surface area contributed by atoms with E-state index in [-0.39, 0.29) is 6.29 Å². The molecule has 3 heteroatoms. The van der Waals surface area contributed by atoms with Crippen LogP contribution in [0.25, 0.3) is 0 Å². The van der Waals surface area contributed by atoms with E-state index in [1.165, 1.54) is 12.8 Å². The van der Waals surface area contributed by atoms with Crippen LogP contribution in [0.3, 0.4) is 0 Å². The maximum Gasteiger partial charge on any atom is 0.160 e. The normalized spacial score (nSPS) is 13.5. The Balaban J connectivity index is 3.96. The van der Waals surface area contributed by atoms with Gasteiger partial charge in [0.05, 0.1) is 0 Å². The van der Waals surface area contributed by atoms with E-state index in [4.69, 9.17) is 9.47 Å². The first-order valence-corrected chi connectivity index (χ1v) is 6.71. The Morgan fingerprint density at radius 1 is 1.07 bits per heavy atom. The molecule has 2 nitrogen and oxygen atoms in total. The van der Waals surface area contributed by atoms with Gasteiger partial charge in [-0.15, -0.1) is 0 Å². The predicted molar refractivity (Wildman–Crippen MR) is 63.8 cm³/mol. The largest absolute Gasteiger partial charge is 0.353 e. The van der Waals surface area contributed by atoms with Gasteiger partial charge in [0.25, 0.3) is 0 Å². The van der Waals surface area contributed by atoms with Crippen LogP contribution in [0, 0.1) is 5.92 Å². The molecule has 0 saturated heterocycles. The second-order valence-corrected chi connectivity index (χ2v) is 4.07. The molecule has 86 valence electrons. The van der Waals surface area contributed by atoms with E-state index in [1.807, 2.05) is 13.8 Å². The first kappa shape index (κ1) is 14.4. The van der Waals surface area contributed by atoms with E-state index in [2.05, 4.69) is 22.9 Å². The molecule has 0 heterocycles. The molecule has 1 atom stereocenters. The highest BCUT2D eigenvalue weighted by Crippen LogP contribution is 2.20. The molecule has 0 aromatic heterocycles. The maximum absolute atomic E-state index is 5.59. The second-order valence-electron chi connectivity index (χ2n) is 3.28. The lowest BCUT2D eigenvalue weighted by Gasteiger charge is -2.25. The summed E-state index contributed by atoms with van der Waals surface area (Å²) in [6.07, 6.45) is 3.48. The standard InChI is InChI=1S/C11H23BrO2/c1-4-10(8-7-9-12)11(13-5-2)14-6-3/h10-11H,4-9H2,1-3H3. The molecular formula is C11H23BrO2. The van der Waals surface area contributed by atoms with Gasteiger partial charge in [0.2, 0.25) is 0 Å². The van der Waals surface area contributed by atoms with Crippen LogP contribution in [-0.4, -0.2) is 24.8 Å². The summed E-state index contributed by atoms with van der Waals surface area (Å²) in [6, 6.07) is 0. The van der Waals surface area contributed by atoms with E-state index in [0.717, 1.165) is 25.0 Å². The summed E-state index contributed by atoms with van der Waals surface area (Å²) >= 11 is 3.45. The van der Waals surface area contributed by atoms with Crippen LogP contribution >= 0.6 is 15.9 Å². The van der Waals surface area contributed by atoms with Gasteiger partial charge in [0.1, 0.15) is 0 Å². The molecule has 0 aliphatic rings. The predicted octanol–water partition coefficient (Wildman–Crippen LogP) is 3.59. The van der Waals surface area contributed by atoms with Crippen LogP contribution in [0.1, 0.15) is 40.0 Å². The molecule has 0 radical (unpaired) electrons. The van der Waals surface area contributed by atoms with Crippen molar-refractivity contribution in [3.05, 3.63) is 0 Å². The van der Waals surface area contributed by atoms with Crippen molar-refractivity contribution in [2.75, 3.05) is 18.5 Å². The molecule has 0 rings (SSSR count). The zero-order valence-corrected chi connectivity index (χ0v) is 11.2. The van der Waals surface area contributed by atoms with Gasteiger partial charge >= 0.3 is 0 Å². The summed E-state index contributed by atoms with van der Waals surface area (Å²) in [5, 5.41) is 1.06. The highest BCUT2D eigenvalue weighted by atomic mass is 79.9. The van der Waals surface area contributed by atoms with Crippen molar-refractivity contribution in [1.29, 1.82) is 0 Å². The first-order valence-electron chi connectivity index (χ1n) is 5.59. The number of ether oxygens (including phenoxy) is 2. The minimum atomic E-state index is -0.00551. The van der Waals surface area contributed by atoms with E-state index < -0.39 is 0 Å². The van der Waals surface area contributed by atoms with E-state index in [9.17, 15) is 0 Å². The monoisotopic (exact) mass is 266 g/mol. The summed E-state index contributed by atoms with van der Waals surface area (Å²) in [4.78, 5) is 0. The molecular weight excluding hydrogens is 244 g/mol. The maximum atomic E-state index is 5.59. The number of rotatable bonds is 9. The molecule has 0 saturated carbocycles. The molecule has 14 heavy (non-hydrogen) atoms. The van der Waals surface area contributed by atoms with E-state index in [0.29, 0.717) is 5.92 Å². The van der Waals surface area contributed by atoms with Crippen molar-refractivity contribution in [3.8, 4) is 0 Å². The average Bonchev–Trinajstić information content (AvgIpc) is 2.19. The molecule has 0 bridgehead atoms. The van der Waals surface area contributed by atoms with Crippen molar-refractivity contribution in [3.63, 3.8) is 0 Å². The smallest absolute Gasteiger partial charge is 0.160 e. The molecule has 0 aromatic carbocycles. The zero-order valence-electron chi connectivity index (χ0n) is 9.59. The Morgan fingerprint density at radius 2 is 1.64 bits per heavy atom. The summed E-state index contributed by atoms with van der Waals surface area (Å²) in [6.45, 7) is 7.70. The fourth-order valence-electron chi connectivity index (χ4n) is 1.52. The lowest BCUT2D eigenvalue weighted by Crippen LogP contribution is -2.27. The fourth-order valence-corrected chi connectivity index (χ4v) is 1.84. The van der Waals surface area contributed by atoms with Crippen LogP contribution < -0.4 is 0 Å². The van der Waals surface area contributed by atoms with Gasteiger partial charge in [-0.1, -0.05) is 22.9 Å². The molecule has 0 amide bonds. The van der Waals surface area contributed by atoms with Crippen molar-refractivity contribution in [2.45, 2.75) is 46.3 Å². The molecule has 0 aromatic rings. The van der Waals surface area contributed by atoms with E-state index in [1.54, 1.807) is 0 Å². The highest BCUT2D eigenvalue weighted by molar-refractivity contribution is 9.09. The summed E-state index contributed by atoms with van der Waals surface area (Å²) in [7, 11) is 0. The van der Waals surface area contributed by atoms with E-state index >= 15 is 0 Å². The van der Waals surface area contributed by atoms with Gasteiger partial charge < -0.3 is 9.47 Å². The lowest BCUT2D eigenvalue weighted by atomic mass is 10.0. The number of halogens is 1. The second kappa shape index (κ2) is 9.94. The Bertz CT molecular complexity index is 114. The SMILES string of the molecule is CCOC(OCC)C(CC)CCCBr. The van der Waals surface area contributed by atoms with Gasteiger partial charge in [-0.3, -0.25) is 0 Å². The van der Waals surface area contributed by atoms with Gasteiger partial charge in [-0.25, -0.2) is 0 Å². The number of alkyl halides is 1. The van der Waals surface area contributed by atoms with Crippen molar-refractivity contribution in [1.82, 2.24) is 0 Å². The van der Waals surface area contributed by atoms with Gasteiger partial charge in [-0.2, -0.15) is 0 Å². The third-order valence-corrected chi connectivity index (χ3v) is 2.84. The fraction of sp³-hybridized carbons (Fsp3) is 1.00. The average molecular weight is 267 g/mol. The molecule has 0 fully saturated rings. The molecule has 0 spiro atoms. The van der Waals surface area contributed by atoms with Crippen LogP contribution in [-0.2, 0) is 9.47 Å². The zero-order chi connectivity index (χ0) is 10.8.